The van der Waals surface area contributed by atoms with Gasteiger partial charge in [-0.25, -0.2) is 4.39 Å². The summed E-state index contributed by atoms with van der Waals surface area (Å²) < 4.78 is 16.0. The second-order valence-electron chi connectivity index (χ2n) is 8.67. The molecular formula is C22H28FN5O. The van der Waals surface area contributed by atoms with E-state index in [2.05, 4.69) is 21.0 Å². The van der Waals surface area contributed by atoms with Crippen LogP contribution in [0.25, 0.3) is 0 Å². The number of hydrogen-bond donors (Lipinski definition) is 1. The first-order chi connectivity index (χ1) is 14.1. The molecule has 29 heavy (non-hydrogen) atoms. The van der Waals surface area contributed by atoms with Crippen LogP contribution in [-0.4, -0.2) is 51.7 Å². The van der Waals surface area contributed by atoms with Crippen molar-refractivity contribution in [1.82, 2.24) is 24.9 Å². The summed E-state index contributed by atoms with van der Waals surface area (Å²) in [6, 6.07) is 8.93. The Labute approximate surface area is 170 Å². The number of benzene rings is 1. The van der Waals surface area contributed by atoms with E-state index in [4.69, 9.17) is 5.10 Å². The Hall–Kier alpha value is -2.25. The maximum absolute atomic E-state index is 13.9. The highest BCUT2D eigenvalue weighted by molar-refractivity contribution is 5.74. The Morgan fingerprint density at radius 2 is 2.17 bits per heavy atom. The first-order valence-electron chi connectivity index (χ1n) is 10.6. The van der Waals surface area contributed by atoms with Crippen molar-refractivity contribution in [3.05, 3.63) is 53.1 Å². The molecule has 4 heterocycles. The first-order valence-corrected chi connectivity index (χ1v) is 10.6. The number of carbonyl (C=O) groups excluding carboxylic acids is 1. The van der Waals surface area contributed by atoms with Crippen LogP contribution in [0, 0.1) is 17.7 Å². The van der Waals surface area contributed by atoms with E-state index >= 15 is 0 Å². The molecule has 3 aliphatic rings. The Balaban J connectivity index is 1.33. The molecule has 0 unspecified atom stereocenters. The molecule has 2 aromatic rings. The first kappa shape index (κ1) is 18.8. The topological polar surface area (TPSA) is 53.4 Å². The van der Waals surface area contributed by atoms with Crippen LogP contribution in [0.2, 0.25) is 0 Å². The molecule has 1 amide bonds. The number of carbonyl (C=O) groups is 1. The minimum atomic E-state index is -0.238. The highest BCUT2D eigenvalue weighted by Gasteiger charge is 2.48. The Morgan fingerprint density at radius 3 is 3.00 bits per heavy atom. The number of likely N-dealkylation sites (tertiary alicyclic amines) is 2. The van der Waals surface area contributed by atoms with Crippen LogP contribution in [0.4, 0.5) is 4.39 Å². The fourth-order valence-corrected chi connectivity index (χ4v) is 5.44. The van der Waals surface area contributed by atoms with Crippen LogP contribution in [0.5, 0.6) is 0 Å². The molecule has 0 spiro atoms. The molecule has 7 heteroatoms. The second kappa shape index (κ2) is 7.54. The van der Waals surface area contributed by atoms with Gasteiger partial charge in [0.1, 0.15) is 5.82 Å². The molecule has 2 saturated heterocycles. The van der Waals surface area contributed by atoms with E-state index in [-0.39, 0.29) is 17.8 Å². The van der Waals surface area contributed by atoms with Crippen LogP contribution in [0.3, 0.4) is 0 Å². The van der Waals surface area contributed by atoms with Crippen molar-refractivity contribution in [3.63, 3.8) is 0 Å². The number of aromatic nitrogens is 2. The van der Waals surface area contributed by atoms with Crippen LogP contribution >= 0.6 is 0 Å². The number of nitrogens with one attached hydrogen (secondary N) is 1. The summed E-state index contributed by atoms with van der Waals surface area (Å²) in [5.41, 5.74) is 3.29. The summed E-state index contributed by atoms with van der Waals surface area (Å²) in [6.07, 6.45) is 1.11. The van der Waals surface area contributed by atoms with Crippen molar-refractivity contribution in [1.29, 1.82) is 0 Å². The van der Waals surface area contributed by atoms with E-state index < -0.39 is 0 Å². The van der Waals surface area contributed by atoms with Crippen molar-refractivity contribution in [2.24, 2.45) is 11.8 Å². The van der Waals surface area contributed by atoms with Crippen molar-refractivity contribution >= 4 is 5.91 Å². The molecule has 2 fully saturated rings. The van der Waals surface area contributed by atoms with E-state index in [1.165, 1.54) is 11.8 Å². The SMILES string of the molecule is CC(=O)N1C[C@H]2CN(Cc3cc4n(n3)CCCNC4)C[C@H]2[C@H]1c1cccc(F)c1. The number of fused-ring (bicyclic) bond motifs is 2. The third kappa shape index (κ3) is 3.57. The predicted octanol–water partition coefficient (Wildman–Crippen LogP) is 2.17. The fraction of sp³-hybridized carbons (Fsp3) is 0.545. The smallest absolute Gasteiger partial charge is 0.219 e. The number of rotatable bonds is 3. The maximum Gasteiger partial charge on any atom is 0.219 e. The van der Waals surface area contributed by atoms with Crippen LogP contribution in [0.15, 0.2) is 30.3 Å². The van der Waals surface area contributed by atoms with Gasteiger partial charge in [-0.1, -0.05) is 12.1 Å². The lowest BCUT2D eigenvalue weighted by Gasteiger charge is -2.29. The van der Waals surface area contributed by atoms with Crippen molar-refractivity contribution in [2.45, 2.75) is 39.0 Å². The average Bonchev–Trinajstić information content (AvgIpc) is 3.30. The molecule has 0 bridgehead atoms. The molecule has 1 aromatic carbocycles. The monoisotopic (exact) mass is 397 g/mol. The van der Waals surface area contributed by atoms with Crippen LogP contribution in [-0.2, 0) is 24.4 Å². The standard InChI is InChI=1S/C22H28FN5O/c1-15(29)27-12-17-11-26(13-19-9-20-10-24-6-3-7-28(20)25-19)14-21(17)22(27)16-4-2-5-18(23)8-16/h2,4-5,8-9,17,21-22,24H,3,6-7,10-14H2,1H3/t17-,21-,22-/m1/s1. The zero-order valence-electron chi connectivity index (χ0n) is 16.9. The molecule has 154 valence electrons. The molecule has 0 radical (unpaired) electrons. The minimum Gasteiger partial charge on any atom is -0.335 e. The highest BCUT2D eigenvalue weighted by Crippen LogP contribution is 2.45. The van der Waals surface area contributed by atoms with Crippen LogP contribution < -0.4 is 5.32 Å². The normalized spacial score (nSPS) is 27.0. The summed E-state index contributed by atoms with van der Waals surface area (Å²) in [4.78, 5) is 16.6. The predicted molar refractivity (Wildman–Crippen MR) is 107 cm³/mol. The molecule has 1 N–H and O–H groups in total. The quantitative estimate of drug-likeness (QED) is 0.863. The second-order valence-corrected chi connectivity index (χ2v) is 8.67. The van der Waals surface area contributed by atoms with Gasteiger partial charge in [0.2, 0.25) is 5.91 Å². The summed E-state index contributed by atoms with van der Waals surface area (Å²) in [5.74, 6) is 0.597. The minimum absolute atomic E-state index is 0.0406. The van der Waals surface area contributed by atoms with Gasteiger partial charge in [0, 0.05) is 52.1 Å². The van der Waals surface area contributed by atoms with E-state index in [1.807, 2.05) is 11.0 Å². The van der Waals surface area contributed by atoms with Gasteiger partial charge >= 0.3 is 0 Å². The van der Waals surface area contributed by atoms with Gasteiger partial charge in [-0.3, -0.25) is 14.4 Å². The van der Waals surface area contributed by atoms with E-state index in [1.54, 1.807) is 19.1 Å². The van der Waals surface area contributed by atoms with E-state index in [9.17, 15) is 9.18 Å². The lowest BCUT2D eigenvalue weighted by atomic mass is 9.89. The molecule has 3 atom stereocenters. The van der Waals surface area contributed by atoms with Gasteiger partial charge in [-0.05, 0) is 42.6 Å². The highest BCUT2D eigenvalue weighted by atomic mass is 19.1. The van der Waals surface area contributed by atoms with Gasteiger partial charge < -0.3 is 10.2 Å². The number of nitrogens with zero attached hydrogens (tertiary/aromatic N) is 4. The number of aryl methyl sites for hydroxylation is 1. The Kier molecular flexibility index (Phi) is 4.87. The maximum atomic E-state index is 13.9. The van der Waals surface area contributed by atoms with E-state index in [0.717, 1.165) is 63.5 Å². The number of hydrogen-bond acceptors (Lipinski definition) is 4. The lowest BCUT2D eigenvalue weighted by molar-refractivity contribution is -0.130. The molecule has 5 rings (SSSR count). The number of amides is 1. The zero-order valence-corrected chi connectivity index (χ0v) is 16.9. The van der Waals surface area contributed by atoms with Crippen molar-refractivity contribution in [2.75, 3.05) is 26.2 Å². The molecular weight excluding hydrogens is 369 g/mol. The third-order valence-electron chi connectivity index (χ3n) is 6.66. The van der Waals surface area contributed by atoms with Gasteiger partial charge in [-0.2, -0.15) is 5.10 Å². The van der Waals surface area contributed by atoms with Crippen molar-refractivity contribution in [3.8, 4) is 0 Å². The van der Waals surface area contributed by atoms with Gasteiger partial charge in [0.25, 0.3) is 0 Å². The molecule has 6 nitrogen and oxygen atoms in total. The summed E-state index contributed by atoms with van der Waals surface area (Å²) >= 11 is 0. The average molecular weight is 397 g/mol. The zero-order chi connectivity index (χ0) is 20.0. The summed E-state index contributed by atoms with van der Waals surface area (Å²) in [7, 11) is 0. The largest absolute Gasteiger partial charge is 0.335 e. The van der Waals surface area contributed by atoms with Gasteiger partial charge in [0.05, 0.1) is 17.4 Å². The summed E-state index contributed by atoms with van der Waals surface area (Å²) in [6.45, 7) is 7.98. The Morgan fingerprint density at radius 1 is 1.28 bits per heavy atom. The molecule has 1 aromatic heterocycles. The van der Waals surface area contributed by atoms with Crippen molar-refractivity contribution < 1.29 is 9.18 Å². The van der Waals surface area contributed by atoms with Gasteiger partial charge in [-0.15, -0.1) is 0 Å². The third-order valence-corrected chi connectivity index (χ3v) is 6.66. The number of halogens is 1. The molecule has 0 aliphatic carbocycles. The Bertz CT molecular complexity index is 889. The van der Waals surface area contributed by atoms with E-state index in [0.29, 0.717) is 11.8 Å². The molecule has 3 aliphatic heterocycles. The van der Waals surface area contributed by atoms with Crippen LogP contribution in [0.1, 0.15) is 36.3 Å². The lowest BCUT2D eigenvalue weighted by Crippen LogP contribution is -2.34. The molecule has 0 saturated carbocycles. The van der Waals surface area contributed by atoms with Gasteiger partial charge in [0.15, 0.2) is 0 Å². The fourth-order valence-electron chi connectivity index (χ4n) is 5.44. The summed E-state index contributed by atoms with van der Waals surface area (Å²) in [5, 5.41) is 8.27.